The Morgan fingerprint density at radius 2 is 1.82 bits per heavy atom. The Bertz CT molecular complexity index is 1110. The van der Waals surface area contributed by atoms with Gasteiger partial charge in [0.05, 0.1) is 6.54 Å². The number of hydrogen-bond donors (Lipinski definition) is 1. The number of amides is 3. The first-order valence-corrected chi connectivity index (χ1v) is 9.64. The van der Waals surface area contributed by atoms with Gasteiger partial charge in [-0.25, -0.2) is 4.79 Å². The molecule has 1 aliphatic rings. The van der Waals surface area contributed by atoms with Crippen molar-refractivity contribution >= 4 is 44.8 Å². The number of nitrogens with zero attached hydrogens (tertiary/aromatic N) is 2. The monoisotopic (exact) mass is 435 g/mol. The lowest BCUT2D eigenvalue weighted by Crippen LogP contribution is -2.30. The summed E-state index contributed by atoms with van der Waals surface area (Å²) in [6.45, 7) is 4.69. The van der Waals surface area contributed by atoms with Gasteiger partial charge in [-0.05, 0) is 29.8 Å². The second-order valence-electron chi connectivity index (χ2n) is 6.55. The lowest BCUT2D eigenvalue weighted by Gasteiger charge is -2.11. The second-order valence-corrected chi connectivity index (χ2v) is 7.46. The fourth-order valence-electron chi connectivity index (χ4n) is 3.32. The first kappa shape index (κ1) is 18.3. The standard InChI is InChI=1S/C22H18BrN3O2/c1-2-11-25-14-16(18-5-3-4-6-20(18)25)12-19-21(27)26(22(28)24-19)13-15-7-9-17(23)10-8-15/h2-10,12,14H,1,11,13H2,(H,24,28)/b19-12+. The van der Waals surface area contributed by atoms with Crippen LogP contribution < -0.4 is 5.32 Å². The van der Waals surface area contributed by atoms with Crippen LogP contribution in [0.1, 0.15) is 11.1 Å². The summed E-state index contributed by atoms with van der Waals surface area (Å²) < 4.78 is 3.01. The minimum atomic E-state index is -0.408. The minimum absolute atomic E-state index is 0.230. The van der Waals surface area contributed by atoms with Crippen LogP contribution >= 0.6 is 15.9 Å². The van der Waals surface area contributed by atoms with Crippen molar-refractivity contribution in [1.29, 1.82) is 0 Å². The number of benzene rings is 2. The van der Waals surface area contributed by atoms with E-state index in [1.807, 2.05) is 60.8 Å². The van der Waals surface area contributed by atoms with Gasteiger partial charge in [0.15, 0.2) is 0 Å². The number of nitrogens with one attached hydrogen (secondary N) is 1. The SMILES string of the molecule is C=CCn1cc(/C=C2/NC(=O)N(Cc3ccc(Br)cc3)C2=O)c2ccccc21. The van der Waals surface area contributed by atoms with Crippen LogP contribution in [0.5, 0.6) is 0 Å². The molecule has 28 heavy (non-hydrogen) atoms. The molecule has 1 N–H and O–H groups in total. The van der Waals surface area contributed by atoms with Crippen molar-refractivity contribution in [2.45, 2.75) is 13.1 Å². The predicted molar refractivity (Wildman–Crippen MR) is 113 cm³/mol. The van der Waals surface area contributed by atoms with Gasteiger partial charge in [-0.2, -0.15) is 0 Å². The lowest BCUT2D eigenvalue weighted by atomic mass is 10.1. The summed E-state index contributed by atoms with van der Waals surface area (Å²) in [5.74, 6) is -0.325. The largest absolute Gasteiger partial charge is 0.343 e. The molecule has 2 aromatic carbocycles. The third-order valence-corrected chi connectivity index (χ3v) is 5.19. The molecule has 6 heteroatoms. The number of hydrogen-bond acceptors (Lipinski definition) is 2. The summed E-state index contributed by atoms with van der Waals surface area (Å²) in [5.41, 5.74) is 3.10. The van der Waals surface area contributed by atoms with E-state index < -0.39 is 6.03 Å². The Morgan fingerprint density at radius 1 is 1.07 bits per heavy atom. The normalized spacial score (nSPS) is 15.5. The van der Waals surface area contributed by atoms with Gasteiger partial charge in [0.2, 0.25) is 0 Å². The Morgan fingerprint density at radius 3 is 2.57 bits per heavy atom. The van der Waals surface area contributed by atoms with Crippen LogP contribution in [0.15, 0.2) is 77.6 Å². The molecule has 0 spiro atoms. The summed E-state index contributed by atoms with van der Waals surface area (Å²) in [6.07, 6.45) is 5.53. The van der Waals surface area contributed by atoms with Crippen LogP contribution in [0.25, 0.3) is 17.0 Å². The molecule has 0 unspecified atom stereocenters. The lowest BCUT2D eigenvalue weighted by molar-refractivity contribution is -0.123. The smallest absolute Gasteiger partial charge is 0.329 e. The van der Waals surface area contributed by atoms with Gasteiger partial charge in [0, 0.05) is 33.7 Å². The molecular weight excluding hydrogens is 418 g/mol. The molecule has 5 nitrogen and oxygen atoms in total. The Kier molecular flexibility index (Phi) is 4.88. The number of imide groups is 1. The van der Waals surface area contributed by atoms with E-state index in [-0.39, 0.29) is 18.1 Å². The van der Waals surface area contributed by atoms with E-state index in [1.165, 1.54) is 4.90 Å². The van der Waals surface area contributed by atoms with Crippen molar-refractivity contribution in [2.75, 3.05) is 0 Å². The van der Waals surface area contributed by atoms with Gasteiger partial charge in [0.1, 0.15) is 5.70 Å². The van der Waals surface area contributed by atoms with E-state index in [9.17, 15) is 9.59 Å². The number of urea groups is 1. The topological polar surface area (TPSA) is 54.3 Å². The molecule has 1 aliphatic heterocycles. The molecule has 2 heterocycles. The molecule has 140 valence electrons. The van der Waals surface area contributed by atoms with E-state index >= 15 is 0 Å². The van der Waals surface area contributed by atoms with Gasteiger partial charge in [0.25, 0.3) is 5.91 Å². The van der Waals surface area contributed by atoms with Crippen molar-refractivity contribution in [1.82, 2.24) is 14.8 Å². The van der Waals surface area contributed by atoms with E-state index in [0.29, 0.717) is 6.54 Å². The van der Waals surface area contributed by atoms with Crippen molar-refractivity contribution in [3.05, 3.63) is 88.7 Å². The minimum Gasteiger partial charge on any atom is -0.343 e. The highest BCUT2D eigenvalue weighted by atomic mass is 79.9. The van der Waals surface area contributed by atoms with Crippen LogP contribution in [-0.4, -0.2) is 21.4 Å². The fourth-order valence-corrected chi connectivity index (χ4v) is 3.59. The van der Waals surface area contributed by atoms with Crippen molar-refractivity contribution in [3.8, 4) is 0 Å². The molecule has 0 aliphatic carbocycles. The maximum absolute atomic E-state index is 12.8. The number of aromatic nitrogens is 1. The van der Waals surface area contributed by atoms with Crippen molar-refractivity contribution in [2.24, 2.45) is 0 Å². The summed E-state index contributed by atoms with van der Waals surface area (Å²) in [6, 6.07) is 15.1. The number of para-hydroxylation sites is 1. The van der Waals surface area contributed by atoms with Gasteiger partial charge >= 0.3 is 6.03 Å². The van der Waals surface area contributed by atoms with Gasteiger partial charge in [-0.15, -0.1) is 6.58 Å². The molecule has 0 atom stereocenters. The number of fused-ring (bicyclic) bond motifs is 1. The van der Waals surface area contributed by atoms with Crippen LogP contribution in [0.2, 0.25) is 0 Å². The third-order valence-electron chi connectivity index (χ3n) is 4.66. The zero-order valence-corrected chi connectivity index (χ0v) is 16.6. The Labute approximate surface area is 171 Å². The number of carbonyl (C=O) groups excluding carboxylic acids is 2. The van der Waals surface area contributed by atoms with Crippen LogP contribution in [0.4, 0.5) is 4.79 Å². The average Bonchev–Trinajstić information content (AvgIpc) is 3.17. The highest BCUT2D eigenvalue weighted by Gasteiger charge is 2.33. The zero-order valence-electron chi connectivity index (χ0n) is 15.1. The van der Waals surface area contributed by atoms with Crippen molar-refractivity contribution < 1.29 is 9.59 Å². The molecule has 1 saturated heterocycles. The molecule has 3 aromatic rings. The fraction of sp³-hybridized carbons (Fsp3) is 0.0909. The Hall–Kier alpha value is -3.12. The van der Waals surface area contributed by atoms with Crippen molar-refractivity contribution in [3.63, 3.8) is 0 Å². The summed E-state index contributed by atoms with van der Waals surface area (Å²) in [5, 5.41) is 3.72. The van der Waals surface area contributed by atoms with Gasteiger partial charge in [-0.3, -0.25) is 9.69 Å². The van der Waals surface area contributed by atoms with E-state index in [4.69, 9.17) is 0 Å². The molecule has 3 amide bonds. The maximum Gasteiger partial charge on any atom is 0.329 e. The summed E-state index contributed by atoms with van der Waals surface area (Å²) >= 11 is 3.38. The van der Waals surface area contributed by atoms with E-state index in [0.717, 1.165) is 26.5 Å². The van der Waals surface area contributed by atoms with Crippen LogP contribution in [0.3, 0.4) is 0 Å². The number of halogens is 1. The second kappa shape index (κ2) is 7.48. The predicted octanol–water partition coefficient (Wildman–Crippen LogP) is 4.68. The zero-order chi connectivity index (χ0) is 19.7. The quantitative estimate of drug-likeness (QED) is 0.359. The van der Waals surface area contributed by atoms with Crippen LogP contribution in [-0.2, 0) is 17.9 Å². The molecule has 1 aromatic heterocycles. The first-order chi connectivity index (χ1) is 13.6. The highest BCUT2D eigenvalue weighted by Crippen LogP contribution is 2.25. The van der Waals surface area contributed by atoms with E-state index in [2.05, 4.69) is 32.4 Å². The molecule has 0 radical (unpaired) electrons. The Balaban J connectivity index is 1.65. The molecule has 4 rings (SSSR count). The van der Waals surface area contributed by atoms with Gasteiger partial charge in [-0.1, -0.05) is 52.3 Å². The number of allylic oxidation sites excluding steroid dienone is 1. The van der Waals surface area contributed by atoms with Crippen LogP contribution in [0, 0.1) is 0 Å². The summed E-state index contributed by atoms with van der Waals surface area (Å²) in [7, 11) is 0. The molecule has 0 saturated carbocycles. The first-order valence-electron chi connectivity index (χ1n) is 8.84. The highest BCUT2D eigenvalue weighted by molar-refractivity contribution is 9.10. The van der Waals surface area contributed by atoms with E-state index in [1.54, 1.807) is 6.08 Å². The number of carbonyl (C=O) groups is 2. The molecule has 1 fully saturated rings. The maximum atomic E-state index is 12.8. The third kappa shape index (κ3) is 3.39. The number of rotatable bonds is 5. The van der Waals surface area contributed by atoms with Gasteiger partial charge < -0.3 is 9.88 Å². The average molecular weight is 436 g/mol. The summed E-state index contributed by atoms with van der Waals surface area (Å²) in [4.78, 5) is 26.4. The molecular formula is C22H18BrN3O2. The molecule has 0 bridgehead atoms.